The van der Waals surface area contributed by atoms with Crippen molar-refractivity contribution >= 4 is 0 Å². The third-order valence-corrected chi connectivity index (χ3v) is 3.75. The summed E-state index contributed by atoms with van der Waals surface area (Å²) in [5, 5.41) is 3.60. The minimum atomic E-state index is 0.350. The highest BCUT2D eigenvalue weighted by Crippen LogP contribution is 2.22. The van der Waals surface area contributed by atoms with E-state index in [4.69, 9.17) is 4.74 Å². The molecule has 0 aromatic rings. The molecule has 1 rings (SSSR count). The molecule has 0 amide bonds. The molecule has 108 valence electrons. The van der Waals surface area contributed by atoms with E-state index < -0.39 is 0 Å². The Morgan fingerprint density at radius 2 is 1.89 bits per heavy atom. The topological polar surface area (TPSA) is 24.5 Å². The van der Waals surface area contributed by atoms with E-state index in [1.807, 2.05) is 0 Å². The van der Waals surface area contributed by atoms with Gasteiger partial charge in [0.25, 0.3) is 0 Å². The van der Waals surface area contributed by atoms with Crippen molar-refractivity contribution in [3.8, 4) is 0 Å². The maximum Gasteiger partial charge on any atom is 0.0596 e. The highest BCUT2D eigenvalue weighted by atomic mass is 16.5. The fourth-order valence-electron chi connectivity index (χ4n) is 2.52. The van der Waals surface area contributed by atoms with E-state index in [2.05, 4.69) is 31.1 Å². The van der Waals surface area contributed by atoms with Gasteiger partial charge in [0.05, 0.1) is 12.7 Å². The van der Waals surface area contributed by atoms with Crippen LogP contribution in [0.5, 0.6) is 0 Å². The van der Waals surface area contributed by atoms with Gasteiger partial charge in [-0.1, -0.05) is 19.3 Å². The van der Waals surface area contributed by atoms with Crippen LogP contribution in [0.3, 0.4) is 0 Å². The van der Waals surface area contributed by atoms with Crippen LogP contribution in [0.25, 0.3) is 0 Å². The van der Waals surface area contributed by atoms with Crippen LogP contribution in [0.2, 0.25) is 0 Å². The van der Waals surface area contributed by atoms with Crippen LogP contribution in [0.4, 0.5) is 0 Å². The summed E-state index contributed by atoms with van der Waals surface area (Å²) in [6, 6.07) is 0. The van der Waals surface area contributed by atoms with Gasteiger partial charge in [0, 0.05) is 19.6 Å². The lowest BCUT2D eigenvalue weighted by atomic mass is 9.89. The number of likely N-dealkylation sites (N-methyl/N-ethyl adjacent to an activating group) is 1. The number of ether oxygens (including phenoxy) is 1. The van der Waals surface area contributed by atoms with Crippen LogP contribution in [-0.4, -0.2) is 50.8 Å². The highest BCUT2D eigenvalue weighted by Gasteiger charge is 2.12. The Labute approximate surface area is 113 Å². The second kappa shape index (κ2) is 9.76. The SMILES string of the molecule is CC(C)OCCN(C)CCNCC1CCCCC1. The average molecular weight is 256 g/mol. The Morgan fingerprint density at radius 3 is 2.56 bits per heavy atom. The summed E-state index contributed by atoms with van der Waals surface area (Å²) in [7, 11) is 2.17. The lowest BCUT2D eigenvalue weighted by Gasteiger charge is -2.23. The second-order valence-electron chi connectivity index (χ2n) is 5.93. The smallest absolute Gasteiger partial charge is 0.0596 e. The van der Waals surface area contributed by atoms with Gasteiger partial charge >= 0.3 is 0 Å². The van der Waals surface area contributed by atoms with Crippen molar-refractivity contribution in [1.29, 1.82) is 0 Å². The third kappa shape index (κ3) is 8.06. The average Bonchev–Trinajstić information content (AvgIpc) is 2.35. The molecule has 0 aromatic heterocycles. The molecule has 0 bridgehead atoms. The zero-order chi connectivity index (χ0) is 13.2. The Hall–Kier alpha value is -0.120. The summed E-state index contributed by atoms with van der Waals surface area (Å²) in [6.07, 6.45) is 7.56. The van der Waals surface area contributed by atoms with E-state index in [1.54, 1.807) is 0 Å². The molecule has 3 nitrogen and oxygen atoms in total. The molecule has 1 saturated carbocycles. The first kappa shape index (κ1) is 15.9. The van der Waals surface area contributed by atoms with E-state index in [1.165, 1.54) is 38.6 Å². The van der Waals surface area contributed by atoms with Crippen molar-refractivity contribution < 1.29 is 4.74 Å². The van der Waals surface area contributed by atoms with Crippen LogP contribution in [0, 0.1) is 5.92 Å². The molecule has 3 heteroatoms. The molecule has 0 radical (unpaired) electrons. The van der Waals surface area contributed by atoms with E-state index in [0.29, 0.717) is 6.10 Å². The number of rotatable bonds is 9. The zero-order valence-electron chi connectivity index (χ0n) is 12.6. The predicted octanol–water partition coefficient (Wildman–Crippen LogP) is 2.51. The van der Waals surface area contributed by atoms with E-state index in [0.717, 1.165) is 32.2 Å². The van der Waals surface area contributed by atoms with Gasteiger partial charge in [-0.3, -0.25) is 0 Å². The van der Waals surface area contributed by atoms with Gasteiger partial charge in [-0.25, -0.2) is 0 Å². The van der Waals surface area contributed by atoms with Gasteiger partial charge in [-0.15, -0.1) is 0 Å². The molecular weight excluding hydrogens is 224 g/mol. The summed E-state index contributed by atoms with van der Waals surface area (Å²) < 4.78 is 5.55. The van der Waals surface area contributed by atoms with Crippen molar-refractivity contribution in [2.45, 2.75) is 52.1 Å². The van der Waals surface area contributed by atoms with Crippen molar-refractivity contribution in [3.05, 3.63) is 0 Å². The predicted molar refractivity (Wildman–Crippen MR) is 78.0 cm³/mol. The van der Waals surface area contributed by atoms with E-state index in [9.17, 15) is 0 Å². The lowest BCUT2D eigenvalue weighted by Crippen LogP contribution is -2.34. The summed E-state index contributed by atoms with van der Waals surface area (Å²) in [4.78, 5) is 2.34. The fourth-order valence-corrected chi connectivity index (χ4v) is 2.52. The van der Waals surface area contributed by atoms with Crippen molar-refractivity contribution in [2.24, 2.45) is 5.92 Å². The first-order valence-electron chi connectivity index (χ1n) is 7.69. The minimum absolute atomic E-state index is 0.350. The maximum absolute atomic E-state index is 5.55. The Bertz CT molecular complexity index is 191. The Kier molecular flexibility index (Phi) is 8.64. The van der Waals surface area contributed by atoms with Gasteiger partial charge in [0.2, 0.25) is 0 Å². The van der Waals surface area contributed by atoms with Gasteiger partial charge < -0.3 is 15.0 Å². The molecule has 1 aliphatic carbocycles. The molecule has 0 aliphatic heterocycles. The van der Waals surface area contributed by atoms with Crippen LogP contribution < -0.4 is 5.32 Å². The molecule has 0 atom stereocenters. The monoisotopic (exact) mass is 256 g/mol. The van der Waals surface area contributed by atoms with Crippen molar-refractivity contribution in [2.75, 3.05) is 39.8 Å². The van der Waals surface area contributed by atoms with Crippen molar-refractivity contribution in [1.82, 2.24) is 10.2 Å². The Balaban J connectivity index is 1.89. The normalized spacial score (nSPS) is 17.8. The van der Waals surface area contributed by atoms with Crippen LogP contribution >= 0.6 is 0 Å². The fraction of sp³-hybridized carbons (Fsp3) is 1.00. The summed E-state index contributed by atoms with van der Waals surface area (Å²) in [5.41, 5.74) is 0. The molecule has 18 heavy (non-hydrogen) atoms. The molecular formula is C15H32N2O. The molecule has 0 saturated heterocycles. The molecule has 0 heterocycles. The van der Waals surface area contributed by atoms with E-state index >= 15 is 0 Å². The van der Waals surface area contributed by atoms with Crippen LogP contribution in [0.15, 0.2) is 0 Å². The number of hydrogen-bond acceptors (Lipinski definition) is 3. The molecule has 0 unspecified atom stereocenters. The standard InChI is InChI=1S/C15H32N2O/c1-14(2)18-12-11-17(3)10-9-16-13-15-7-5-4-6-8-15/h14-16H,4-13H2,1-3H3. The second-order valence-corrected chi connectivity index (χ2v) is 5.93. The van der Waals surface area contributed by atoms with Gasteiger partial charge in [0.1, 0.15) is 0 Å². The lowest BCUT2D eigenvalue weighted by molar-refractivity contribution is 0.0640. The minimum Gasteiger partial charge on any atom is -0.377 e. The van der Waals surface area contributed by atoms with Gasteiger partial charge in [0.15, 0.2) is 0 Å². The third-order valence-electron chi connectivity index (χ3n) is 3.75. The largest absolute Gasteiger partial charge is 0.377 e. The molecule has 0 aromatic carbocycles. The number of nitrogens with zero attached hydrogens (tertiary/aromatic N) is 1. The first-order valence-corrected chi connectivity index (χ1v) is 7.69. The van der Waals surface area contributed by atoms with Crippen LogP contribution in [0.1, 0.15) is 46.0 Å². The molecule has 1 fully saturated rings. The van der Waals surface area contributed by atoms with Crippen LogP contribution in [-0.2, 0) is 4.74 Å². The van der Waals surface area contributed by atoms with E-state index in [-0.39, 0.29) is 0 Å². The van der Waals surface area contributed by atoms with Gasteiger partial charge in [-0.2, -0.15) is 0 Å². The first-order chi connectivity index (χ1) is 8.68. The van der Waals surface area contributed by atoms with Gasteiger partial charge in [-0.05, 0) is 46.2 Å². The summed E-state index contributed by atoms with van der Waals surface area (Å²) >= 11 is 0. The molecule has 1 aliphatic rings. The zero-order valence-corrected chi connectivity index (χ0v) is 12.6. The maximum atomic E-state index is 5.55. The Morgan fingerprint density at radius 1 is 1.17 bits per heavy atom. The molecule has 0 spiro atoms. The highest BCUT2D eigenvalue weighted by molar-refractivity contribution is 4.68. The quantitative estimate of drug-likeness (QED) is 0.642. The molecule has 1 N–H and O–H groups in total. The summed E-state index contributed by atoms with van der Waals surface area (Å²) in [5.74, 6) is 0.938. The summed E-state index contributed by atoms with van der Waals surface area (Å²) in [6.45, 7) is 9.50. The van der Waals surface area contributed by atoms with Crippen molar-refractivity contribution in [3.63, 3.8) is 0 Å². The number of hydrogen-bond donors (Lipinski definition) is 1. The number of nitrogens with one attached hydrogen (secondary N) is 1.